The number of esters is 1. The number of amides is 1. The quantitative estimate of drug-likeness (QED) is 0.544. The van der Waals surface area contributed by atoms with E-state index in [0.717, 1.165) is 17.5 Å². The summed E-state index contributed by atoms with van der Waals surface area (Å²) < 4.78 is 33.7. The molecule has 7 nitrogen and oxygen atoms in total. The molecule has 1 aliphatic heterocycles. The molecule has 8 heteroatoms. The number of hydrogen-bond acceptors (Lipinski definition) is 5. The number of carbonyl (C=O) groups excluding carboxylic acids is 2. The first-order valence-corrected chi connectivity index (χ1v) is 12.4. The Hall–Kier alpha value is -3.65. The van der Waals surface area contributed by atoms with Crippen LogP contribution in [0, 0.1) is 13.8 Å². The van der Waals surface area contributed by atoms with Gasteiger partial charge in [0.05, 0.1) is 10.5 Å². The molecule has 0 saturated carbocycles. The van der Waals surface area contributed by atoms with E-state index in [-0.39, 0.29) is 16.4 Å². The number of anilines is 1. The molecule has 0 unspecified atom stereocenters. The first-order chi connectivity index (χ1) is 16.2. The molecule has 1 N–H and O–H groups in total. The van der Waals surface area contributed by atoms with Crippen LogP contribution in [0.5, 0.6) is 0 Å². The van der Waals surface area contributed by atoms with E-state index in [2.05, 4.69) is 4.72 Å². The van der Waals surface area contributed by atoms with Crippen LogP contribution in [0.15, 0.2) is 71.6 Å². The number of benzene rings is 3. The number of rotatable bonds is 6. The van der Waals surface area contributed by atoms with Crippen molar-refractivity contribution in [2.24, 2.45) is 0 Å². The fourth-order valence-electron chi connectivity index (χ4n) is 3.95. The third-order valence-corrected chi connectivity index (χ3v) is 7.32. The van der Waals surface area contributed by atoms with Crippen molar-refractivity contribution in [3.63, 3.8) is 0 Å². The lowest BCUT2D eigenvalue weighted by molar-refractivity contribution is -0.135. The number of nitrogens with zero attached hydrogens (tertiary/aromatic N) is 1. The molecule has 34 heavy (non-hydrogen) atoms. The maximum absolute atomic E-state index is 13.0. The van der Waals surface area contributed by atoms with Crippen molar-refractivity contribution in [3.8, 4) is 0 Å². The number of carbonyl (C=O) groups is 2. The summed E-state index contributed by atoms with van der Waals surface area (Å²) in [6, 6.07) is 19.3. The number of hydrogen-bond donors (Lipinski definition) is 1. The van der Waals surface area contributed by atoms with Crippen molar-refractivity contribution in [2.75, 3.05) is 17.9 Å². The van der Waals surface area contributed by atoms with Crippen LogP contribution in [-0.2, 0) is 32.5 Å². The summed E-state index contributed by atoms with van der Waals surface area (Å²) in [6.07, 6.45) is 0.753. The lowest BCUT2D eigenvalue weighted by Gasteiger charge is -2.28. The second-order valence-electron chi connectivity index (χ2n) is 8.37. The van der Waals surface area contributed by atoms with Gasteiger partial charge in [-0.1, -0.05) is 42.5 Å². The van der Waals surface area contributed by atoms with Gasteiger partial charge in [-0.15, -0.1) is 0 Å². The molecule has 0 aliphatic carbocycles. The SMILES string of the molecule is Cc1cccc(NS(=O)(=O)c2cc(C(=O)OCC(=O)N3CCc4ccccc4C3)ccc2C)c1. The fraction of sp³-hybridized carbons (Fsp3) is 0.231. The minimum absolute atomic E-state index is 0.0255. The summed E-state index contributed by atoms with van der Waals surface area (Å²) in [6.45, 7) is 4.15. The van der Waals surface area contributed by atoms with E-state index < -0.39 is 22.6 Å². The highest BCUT2D eigenvalue weighted by atomic mass is 32.2. The number of aryl methyl sites for hydroxylation is 2. The summed E-state index contributed by atoms with van der Waals surface area (Å²) in [5, 5.41) is 0. The Morgan fingerprint density at radius 2 is 1.74 bits per heavy atom. The summed E-state index contributed by atoms with van der Waals surface area (Å²) in [7, 11) is -3.93. The van der Waals surface area contributed by atoms with Crippen molar-refractivity contribution >= 4 is 27.6 Å². The largest absolute Gasteiger partial charge is 0.452 e. The molecule has 0 saturated heterocycles. The van der Waals surface area contributed by atoms with Crippen LogP contribution in [0.4, 0.5) is 5.69 Å². The Labute approximate surface area is 199 Å². The average molecular weight is 479 g/mol. The van der Waals surface area contributed by atoms with Crippen LogP contribution < -0.4 is 4.72 Å². The number of nitrogens with one attached hydrogen (secondary N) is 1. The zero-order valence-electron chi connectivity index (χ0n) is 19.1. The molecule has 176 valence electrons. The molecule has 0 atom stereocenters. The molecular formula is C26H26N2O5S. The van der Waals surface area contributed by atoms with Crippen LogP contribution in [0.2, 0.25) is 0 Å². The van der Waals surface area contributed by atoms with Crippen molar-refractivity contribution in [2.45, 2.75) is 31.7 Å². The molecule has 4 rings (SSSR count). The molecule has 0 spiro atoms. The van der Waals surface area contributed by atoms with Crippen molar-refractivity contribution < 1.29 is 22.7 Å². The van der Waals surface area contributed by atoms with Crippen molar-refractivity contribution in [1.29, 1.82) is 0 Å². The Morgan fingerprint density at radius 1 is 0.971 bits per heavy atom. The van der Waals surface area contributed by atoms with Gasteiger partial charge < -0.3 is 9.64 Å². The van der Waals surface area contributed by atoms with Gasteiger partial charge in [-0.05, 0) is 66.8 Å². The van der Waals surface area contributed by atoms with Crippen LogP contribution in [0.3, 0.4) is 0 Å². The average Bonchev–Trinajstić information content (AvgIpc) is 2.82. The topological polar surface area (TPSA) is 92.8 Å². The summed E-state index contributed by atoms with van der Waals surface area (Å²) in [4.78, 5) is 26.8. The van der Waals surface area contributed by atoms with Crippen molar-refractivity contribution in [1.82, 2.24) is 4.90 Å². The maximum Gasteiger partial charge on any atom is 0.338 e. The maximum atomic E-state index is 13.0. The Kier molecular flexibility index (Phi) is 6.70. The Bertz CT molecular complexity index is 1350. The van der Waals surface area contributed by atoms with Gasteiger partial charge in [-0.3, -0.25) is 9.52 Å². The van der Waals surface area contributed by atoms with Crippen LogP contribution in [0.25, 0.3) is 0 Å². The first kappa shape index (κ1) is 23.5. The highest BCUT2D eigenvalue weighted by Crippen LogP contribution is 2.22. The number of sulfonamides is 1. The van der Waals surface area contributed by atoms with E-state index >= 15 is 0 Å². The third-order valence-electron chi connectivity index (χ3n) is 5.79. The van der Waals surface area contributed by atoms with E-state index in [1.807, 2.05) is 37.3 Å². The normalized spacial score (nSPS) is 13.2. The van der Waals surface area contributed by atoms with E-state index in [9.17, 15) is 18.0 Å². The summed E-state index contributed by atoms with van der Waals surface area (Å²) in [5.41, 5.74) is 4.20. The molecular weight excluding hydrogens is 452 g/mol. The van der Waals surface area contributed by atoms with E-state index in [0.29, 0.717) is 24.3 Å². The van der Waals surface area contributed by atoms with Crippen LogP contribution in [0.1, 0.15) is 32.6 Å². The highest BCUT2D eigenvalue weighted by Gasteiger charge is 2.23. The zero-order valence-corrected chi connectivity index (χ0v) is 19.9. The predicted molar refractivity (Wildman–Crippen MR) is 129 cm³/mol. The molecule has 1 amide bonds. The lowest BCUT2D eigenvalue weighted by Crippen LogP contribution is -2.38. The minimum atomic E-state index is -3.93. The summed E-state index contributed by atoms with van der Waals surface area (Å²) in [5.74, 6) is -1.04. The smallest absolute Gasteiger partial charge is 0.338 e. The highest BCUT2D eigenvalue weighted by molar-refractivity contribution is 7.92. The second kappa shape index (κ2) is 9.69. The molecule has 0 bridgehead atoms. The van der Waals surface area contributed by atoms with Gasteiger partial charge in [0.15, 0.2) is 6.61 Å². The fourth-order valence-corrected chi connectivity index (χ4v) is 5.27. The molecule has 1 heterocycles. The van der Waals surface area contributed by atoms with E-state index in [1.165, 1.54) is 17.7 Å². The van der Waals surface area contributed by atoms with Crippen LogP contribution in [-0.4, -0.2) is 38.3 Å². The van der Waals surface area contributed by atoms with Gasteiger partial charge in [0.25, 0.3) is 15.9 Å². The zero-order chi connectivity index (χ0) is 24.3. The van der Waals surface area contributed by atoms with Gasteiger partial charge in [0.1, 0.15) is 0 Å². The summed E-state index contributed by atoms with van der Waals surface area (Å²) >= 11 is 0. The van der Waals surface area contributed by atoms with Gasteiger partial charge in [-0.25, -0.2) is 13.2 Å². The standard InChI is InChI=1S/C26H26N2O5S/c1-18-6-5-9-23(14-18)27-34(31,32)24-15-21(11-10-19(24)2)26(30)33-17-25(29)28-13-12-20-7-3-4-8-22(20)16-28/h3-11,14-15,27H,12-13,16-17H2,1-2H3. The van der Waals surface area contributed by atoms with Gasteiger partial charge in [-0.2, -0.15) is 0 Å². The van der Waals surface area contributed by atoms with Crippen molar-refractivity contribution in [3.05, 3.63) is 94.5 Å². The third kappa shape index (κ3) is 5.28. The predicted octanol–water partition coefficient (Wildman–Crippen LogP) is 3.85. The molecule has 0 aromatic heterocycles. The molecule has 0 radical (unpaired) electrons. The second-order valence-corrected chi connectivity index (χ2v) is 10.0. The van der Waals surface area contributed by atoms with Gasteiger partial charge >= 0.3 is 5.97 Å². The van der Waals surface area contributed by atoms with Gasteiger partial charge in [0.2, 0.25) is 0 Å². The monoisotopic (exact) mass is 478 g/mol. The number of ether oxygens (including phenoxy) is 1. The first-order valence-electron chi connectivity index (χ1n) is 10.9. The van der Waals surface area contributed by atoms with E-state index in [4.69, 9.17) is 4.74 Å². The van der Waals surface area contributed by atoms with Crippen LogP contribution >= 0.6 is 0 Å². The minimum Gasteiger partial charge on any atom is -0.452 e. The Balaban J connectivity index is 1.43. The molecule has 0 fully saturated rings. The molecule has 3 aromatic carbocycles. The molecule has 3 aromatic rings. The number of fused-ring (bicyclic) bond motifs is 1. The lowest BCUT2D eigenvalue weighted by atomic mass is 10.00. The van der Waals surface area contributed by atoms with E-state index in [1.54, 1.807) is 36.1 Å². The molecule has 1 aliphatic rings. The Morgan fingerprint density at radius 3 is 2.50 bits per heavy atom. The van der Waals surface area contributed by atoms with Gasteiger partial charge in [0, 0.05) is 18.8 Å².